The Kier molecular flexibility index (Phi) is 3.55. The molecule has 1 heterocycles. The molecule has 0 aliphatic rings. The second-order valence-electron chi connectivity index (χ2n) is 4.71. The summed E-state index contributed by atoms with van der Waals surface area (Å²) in [6.45, 7) is 0. The van der Waals surface area contributed by atoms with Crippen LogP contribution >= 0.6 is 0 Å². The summed E-state index contributed by atoms with van der Waals surface area (Å²) in [6.07, 6.45) is 1.97. The molecular weight excluding hydrogens is 266 g/mol. The molecule has 2 aromatic carbocycles. The minimum absolute atomic E-state index is 0.0565. The monoisotopic (exact) mass is 281 g/mol. The number of H-pyrrole nitrogens is 1. The zero-order valence-corrected chi connectivity index (χ0v) is 11.6. The van der Waals surface area contributed by atoms with E-state index < -0.39 is 0 Å². The standard InChI is InChI=1S/C16H15N3O2/c1-21-13-5-3-12(4-6-13)19-16(20)9-11-2-7-14-15(8-11)18-10-17-14/h2-8,10H,9H2,1H3,(H,17,18)(H,19,20). The molecule has 2 N–H and O–H groups in total. The molecule has 0 fully saturated rings. The molecule has 1 amide bonds. The molecule has 0 atom stereocenters. The number of carbonyl (C=O) groups is 1. The molecule has 5 heteroatoms. The van der Waals surface area contributed by atoms with Crippen molar-refractivity contribution < 1.29 is 9.53 Å². The lowest BCUT2D eigenvalue weighted by atomic mass is 10.1. The first kappa shape index (κ1) is 13.2. The lowest BCUT2D eigenvalue weighted by molar-refractivity contribution is -0.115. The lowest BCUT2D eigenvalue weighted by Crippen LogP contribution is -2.14. The highest BCUT2D eigenvalue weighted by molar-refractivity contribution is 5.92. The fourth-order valence-corrected chi connectivity index (χ4v) is 2.16. The van der Waals surface area contributed by atoms with E-state index >= 15 is 0 Å². The third-order valence-corrected chi connectivity index (χ3v) is 3.22. The predicted octanol–water partition coefficient (Wildman–Crippen LogP) is 2.75. The molecule has 0 bridgehead atoms. The van der Waals surface area contributed by atoms with Crippen molar-refractivity contribution in [3.63, 3.8) is 0 Å². The summed E-state index contributed by atoms with van der Waals surface area (Å²) >= 11 is 0. The van der Waals surface area contributed by atoms with E-state index in [4.69, 9.17) is 4.74 Å². The first-order valence-corrected chi connectivity index (χ1v) is 6.60. The van der Waals surface area contributed by atoms with Crippen LogP contribution in [0.25, 0.3) is 11.0 Å². The van der Waals surface area contributed by atoms with E-state index in [1.807, 2.05) is 42.5 Å². The number of nitrogens with zero attached hydrogens (tertiary/aromatic N) is 1. The van der Waals surface area contributed by atoms with Crippen LogP contribution in [0.5, 0.6) is 5.75 Å². The molecular formula is C16H15N3O2. The van der Waals surface area contributed by atoms with Gasteiger partial charge < -0.3 is 15.0 Å². The minimum Gasteiger partial charge on any atom is -0.497 e. The van der Waals surface area contributed by atoms with E-state index in [-0.39, 0.29) is 5.91 Å². The maximum absolute atomic E-state index is 12.0. The highest BCUT2D eigenvalue weighted by Gasteiger charge is 2.06. The van der Waals surface area contributed by atoms with Crippen molar-refractivity contribution >= 4 is 22.6 Å². The van der Waals surface area contributed by atoms with E-state index in [0.29, 0.717) is 6.42 Å². The summed E-state index contributed by atoms with van der Waals surface area (Å²) in [4.78, 5) is 19.2. The summed E-state index contributed by atoms with van der Waals surface area (Å²) in [5.41, 5.74) is 3.53. The Balaban J connectivity index is 1.67. The maximum Gasteiger partial charge on any atom is 0.228 e. The van der Waals surface area contributed by atoms with Crippen LogP contribution in [0.2, 0.25) is 0 Å². The molecule has 21 heavy (non-hydrogen) atoms. The van der Waals surface area contributed by atoms with Crippen LogP contribution in [-0.2, 0) is 11.2 Å². The molecule has 0 radical (unpaired) electrons. The Hall–Kier alpha value is -2.82. The Morgan fingerprint density at radius 3 is 2.81 bits per heavy atom. The van der Waals surface area contributed by atoms with Gasteiger partial charge in [0.2, 0.25) is 5.91 Å². The molecule has 1 aromatic heterocycles. The molecule has 0 saturated carbocycles. The first-order chi connectivity index (χ1) is 10.2. The van der Waals surface area contributed by atoms with Gasteiger partial charge in [-0.15, -0.1) is 0 Å². The highest BCUT2D eigenvalue weighted by atomic mass is 16.5. The quantitative estimate of drug-likeness (QED) is 0.772. The van der Waals surface area contributed by atoms with Gasteiger partial charge in [0.05, 0.1) is 30.9 Å². The smallest absolute Gasteiger partial charge is 0.228 e. The van der Waals surface area contributed by atoms with Crippen molar-refractivity contribution in [3.8, 4) is 5.75 Å². The number of aromatic nitrogens is 2. The number of nitrogens with one attached hydrogen (secondary N) is 2. The van der Waals surface area contributed by atoms with E-state index in [9.17, 15) is 4.79 Å². The fraction of sp³-hybridized carbons (Fsp3) is 0.125. The number of carbonyl (C=O) groups excluding carboxylic acids is 1. The fourth-order valence-electron chi connectivity index (χ4n) is 2.16. The zero-order chi connectivity index (χ0) is 14.7. The van der Waals surface area contributed by atoms with Crippen molar-refractivity contribution in [2.45, 2.75) is 6.42 Å². The molecule has 0 aliphatic heterocycles. The molecule has 0 saturated heterocycles. The van der Waals surface area contributed by atoms with E-state index in [1.165, 1.54) is 0 Å². The van der Waals surface area contributed by atoms with Gasteiger partial charge in [0.1, 0.15) is 5.75 Å². The molecule has 0 spiro atoms. The number of aromatic amines is 1. The lowest BCUT2D eigenvalue weighted by Gasteiger charge is -2.06. The van der Waals surface area contributed by atoms with Gasteiger partial charge in [-0.3, -0.25) is 4.79 Å². The van der Waals surface area contributed by atoms with Crippen LogP contribution < -0.4 is 10.1 Å². The van der Waals surface area contributed by atoms with Gasteiger partial charge >= 0.3 is 0 Å². The van der Waals surface area contributed by atoms with Crippen LogP contribution in [0.1, 0.15) is 5.56 Å². The SMILES string of the molecule is COc1ccc(NC(=O)Cc2ccc3nc[nH]c3c2)cc1. The van der Waals surface area contributed by atoms with Gasteiger partial charge in [-0.2, -0.15) is 0 Å². The van der Waals surface area contributed by atoms with Gasteiger partial charge in [-0.25, -0.2) is 4.98 Å². The van der Waals surface area contributed by atoms with Gasteiger partial charge in [0.25, 0.3) is 0 Å². The number of amides is 1. The van der Waals surface area contributed by atoms with Crippen molar-refractivity contribution in [2.75, 3.05) is 12.4 Å². The summed E-state index contributed by atoms with van der Waals surface area (Å²) in [5.74, 6) is 0.705. The van der Waals surface area contributed by atoms with Gasteiger partial charge in [-0.05, 0) is 42.0 Å². The summed E-state index contributed by atoms with van der Waals surface area (Å²) < 4.78 is 5.08. The van der Waals surface area contributed by atoms with E-state index in [0.717, 1.165) is 28.0 Å². The predicted molar refractivity (Wildman–Crippen MR) is 81.4 cm³/mol. The van der Waals surface area contributed by atoms with Crippen LogP contribution in [-0.4, -0.2) is 23.0 Å². The Labute approximate surface area is 122 Å². The normalized spacial score (nSPS) is 10.5. The number of hydrogen-bond donors (Lipinski definition) is 2. The molecule has 0 unspecified atom stereocenters. The number of fused-ring (bicyclic) bond motifs is 1. The van der Waals surface area contributed by atoms with Gasteiger partial charge in [0, 0.05) is 5.69 Å². The number of rotatable bonds is 4. The van der Waals surface area contributed by atoms with Crippen LogP contribution in [0.3, 0.4) is 0 Å². The number of anilines is 1. The van der Waals surface area contributed by atoms with E-state index in [1.54, 1.807) is 13.4 Å². The Morgan fingerprint density at radius 2 is 2.05 bits per heavy atom. The first-order valence-electron chi connectivity index (χ1n) is 6.60. The number of hydrogen-bond acceptors (Lipinski definition) is 3. The Morgan fingerprint density at radius 1 is 1.24 bits per heavy atom. The molecule has 3 rings (SSSR count). The zero-order valence-electron chi connectivity index (χ0n) is 11.6. The number of imidazole rings is 1. The molecule has 0 aliphatic carbocycles. The molecule has 106 valence electrons. The molecule has 3 aromatic rings. The van der Waals surface area contributed by atoms with E-state index in [2.05, 4.69) is 15.3 Å². The number of ether oxygens (including phenoxy) is 1. The van der Waals surface area contributed by atoms with Crippen molar-refractivity contribution in [3.05, 3.63) is 54.4 Å². The van der Waals surface area contributed by atoms with Gasteiger partial charge in [0.15, 0.2) is 0 Å². The average Bonchev–Trinajstić information content (AvgIpc) is 2.95. The average molecular weight is 281 g/mol. The second kappa shape index (κ2) is 5.66. The largest absolute Gasteiger partial charge is 0.497 e. The number of methoxy groups -OCH3 is 1. The van der Waals surface area contributed by atoms with Crippen molar-refractivity contribution in [2.24, 2.45) is 0 Å². The van der Waals surface area contributed by atoms with Crippen LogP contribution in [0.15, 0.2) is 48.8 Å². The second-order valence-corrected chi connectivity index (χ2v) is 4.71. The van der Waals surface area contributed by atoms with Crippen LogP contribution in [0.4, 0.5) is 5.69 Å². The van der Waals surface area contributed by atoms with Crippen LogP contribution in [0, 0.1) is 0 Å². The maximum atomic E-state index is 12.0. The summed E-state index contributed by atoms with van der Waals surface area (Å²) in [7, 11) is 1.61. The topological polar surface area (TPSA) is 67.0 Å². The molecule has 5 nitrogen and oxygen atoms in total. The third-order valence-electron chi connectivity index (χ3n) is 3.22. The van der Waals surface area contributed by atoms with Crippen molar-refractivity contribution in [1.82, 2.24) is 9.97 Å². The highest BCUT2D eigenvalue weighted by Crippen LogP contribution is 2.16. The van der Waals surface area contributed by atoms with Crippen molar-refractivity contribution in [1.29, 1.82) is 0 Å². The third kappa shape index (κ3) is 3.02. The summed E-state index contributed by atoms with van der Waals surface area (Å²) in [5, 5.41) is 2.86. The minimum atomic E-state index is -0.0565. The Bertz CT molecular complexity index is 763. The van der Waals surface area contributed by atoms with Gasteiger partial charge in [-0.1, -0.05) is 6.07 Å². The number of benzene rings is 2. The summed E-state index contributed by atoms with van der Waals surface area (Å²) in [6, 6.07) is 13.0.